The number of hydrogen-bond acceptors (Lipinski definition) is 7. The zero-order chi connectivity index (χ0) is 26.4. The van der Waals surface area contributed by atoms with Gasteiger partial charge in [0.2, 0.25) is 0 Å². The third-order valence-electron chi connectivity index (χ3n) is 7.63. The smallest absolute Gasteiger partial charge is 0.161 e. The van der Waals surface area contributed by atoms with Crippen LogP contribution >= 0.6 is 0 Å². The Hall–Kier alpha value is -4.03. The van der Waals surface area contributed by atoms with E-state index in [2.05, 4.69) is 28.0 Å². The Balaban J connectivity index is 1.81. The second-order valence-corrected chi connectivity index (χ2v) is 9.42. The maximum absolute atomic E-state index is 10.9. The van der Waals surface area contributed by atoms with Crippen molar-refractivity contribution in [3.05, 3.63) is 107 Å². The molecule has 2 aliphatic heterocycles. The van der Waals surface area contributed by atoms with Gasteiger partial charge >= 0.3 is 0 Å². The molecule has 2 aliphatic rings. The van der Waals surface area contributed by atoms with Crippen LogP contribution in [0.4, 0.5) is 0 Å². The highest BCUT2D eigenvalue weighted by Crippen LogP contribution is 2.44. The molecule has 0 aliphatic carbocycles. The van der Waals surface area contributed by atoms with Gasteiger partial charge in [-0.3, -0.25) is 9.80 Å². The summed E-state index contributed by atoms with van der Waals surface area (Å²) in [6.07, 6.45) is 0. The Morgan fingerprint density at radius 3 is 1.29 bits per heavy atom. The Morgan fingerprint density at radius 1 is 0.553 bits per heavy atom. The Labute approximate surface area is 223 Å². The summed E-state index contributed by atoms with van der Waals surface area (Å²) in [7, 11) is 0. The van der Waals surface area contributed by atoms with Crippen LogP contribution in [0.5, 0.6) is 0 Å². The van der Waals surface area contributed by atoms with E-state index in [4.69, 9.17) is 9.47 Å². The van der Waals surface area contributed by atoms with E-state index in [1.54, 1.807) is 0 Å². The Kier molecular flexibility index (Phi) is 7.52. The molecule has 0 spiro atoms. The van der Waals surface area contributed by atoms with Crippen molar-refractivity contribution in [1.29, 1.82) is 15.8 Å². The highest BCUT2D eigenvalue weighted by atomic mass is 16.5. The van der Waals surface area contributed by atoms with Crippen molar-refractivity contribution in [1.82, 2.24) is 9.80 Å². The summed E-state index contributed by atoms with van der Waals surface area (Å²) in [6.45, 7) is 4.17. The molecular weight excluding hydrogens is 474 g/mol. The highest BCUT2D eigenvalue weighted by molar-refractivity contribution is 5.61. The standard InChI is InChI=1S/C31H29N5O2/c32-22-27-28(30(23-33,25-8-3-1-4-9-25)35-14-18-37-19-15-35)12-7-13-29(27)31(24-34,26-10-5-2-6-11-26)36-16-20-38-21-17-36/h1-13H,14-21H2/t30-,31+. The fraction of sp³-hybridized carbons (Fsp3) is 0.323. The van der Waals surface area contributed by atoms with Crippen molar-refractivity contribution in [3.63, 3.8) is 0 Å². The molecular formula is C31H29N5O2. The first kappa shape index (κ1) is 25.6. The van der Waals surface area contributed by atoms with Crippen molar-refractivity contribution in [2.75, 3.05) is 52.6 Å². The van der Waals surface area contributed by atoms with Gasteiger partial charge in [0.25, 0.3) is 0 Å². The molecule has 3 aromatic carbocycles. The van der Waals surface area contributed by atoms with Crippen molar-refractivity contribution in [3.8, 4) is 18.2 Å². The maximum Gasteiger partial charge on any atom is 0.161 e. The zero-order valence-electron chi connectivity index (χ0n) is 21.2. The molecule has 2 atom stereocenters. The molecule has 5 rings (SSSR count). The van der Waals surface area contributed by atoms with Crippen LogP contribution in [-0.2, 0) is 20.6 Å². The molecule has 0 radical (unpaired) electrons. The number of morpholine rings is 2. The third kappa shape index (κ3) is 4.15. The third-order valence-corrected chi connectivity index (χ3v) is 7.63. The second kappa shape index (κ2) is 11.2. The van der Waals surface area contributed by atoms with E-state index in [1.807, 2.05) is 78.9 Å². The second-order valence-electron chi connectivity index (χ2n) is 9.42. The molecule has 7 nitrogen and oxygen atoms in total. The summed E-state index contributed by atoms with van der Waals surface area (Å²) in [6, 6.07) is 32.5. The van der Waals surface area contributed by atoms with E-state index in [1.165, 1.54) is 0 Å². The average molecular weight is 504 g/mol. The van der Waals surface area contributed by atoms with Crippen molar-refractivity contribution < 1.29 is 9.47 Å². The van der Waals surface area contributed by atoms with Crippen LogP contribution in [0, 0.1) is 34.0 Å². The van der Waals surface area contributed by atoms with E-state index in [-0.39, 0.29) is 0 Å². The molecule has 3 aromatic rings. The molecule has 0 aromatic heterocycles. The molecule has 2 saturated heterocycles. The van der Waals surface area contributed by atoms with Gasteiger partial charge in [-0.1, -0.05) is 78.9 Å². The summed E-state index contributed by atoms with van der Waals surface area (Å²) >= 11 is 0. The lowest BCUT2D eigenvalue weighted by Crippen LogP contribution is -2.53. The van der Waals surface area contributed by atoms with Crippen LogP contribution in [0.1, 0.15) is 27.8 Å². The van der Waals surface area contributed by atoms with Gasteiger partial charge in [0.15, 0.2) is 11.1 Å². The Morgan fingerprint density at radius 2 is 0.947 bits per heavy atom. The van der Waals surface area contributed by atoms with E-state index >= 15 is 0 Å². The number of nitrogens with zero attached hydrogens (tertiary/aromatic N) is 5. The number of ether oxygens (including phenoxy) is 2. The van der Waals surface area contributed by atoms with Crippen LogP contribution in [-0.4, -0.2) is 62.4 Å². The molecule has 7 heteroatoms. The van der Waals surface area contributed by atoms with Crippen LogP contribution in [0.15, 0.2) is 78.9 Å². The first-order valence-electron chi connectivity index (χ1n) is 12.9. The maximum atomic E-state index is 10.9. The lowest BCUT2D eigenvalue weighted by Gasteiger charge is -2.44. The minimum absolute atomic E-state index is 0.348. The summed E-state index contributed by atoms with van der Waals surface area (Å²) < 4.78 is 11.2. The topological polar surface area (TPSA) is 96.3 Å². The van der Waals surface area contributed by atoms with Crippen LogP contribution in [0.2, 0.25) is 0 Å². The number of nitriles is 3. The highest BCUT2D eigenvalue weighted by Gasteiger charge is 2.48. The minimum atomic E-state index is -1.23. The van der Waals surface area contributed by atoms with E-state index in [9.17, 15) is 15.8 Å². The molecule has 38 heavy (non-hydrogen) atoms. The van der Waals surface area contributed by atoms with Crippen LogP contribution in [0.25, 0.3) is 0 Å². The SMILES string of the molecule is N#Cc1c([C@](C#N)(c2ccccc2)N2CCOCC2)cccc1[C@@](C#N)(c1ccccc1)N1CCOCC1. The number of benzene rings is 3. The van der Waals surface area contributed by atoms with Gasteiger partial charge in [-0.05, 0) is 11.1 Å². The predicted molar refractivity (Wildman–Crippen MR) is 142 cm³/mol. The molecule has 2 fully saturated rings. The van der Waals surface area contributed by atoms with Gasteiger partial charge in [0.05, 0.1) is 50.2 Å². The summed E-state index contributed by atoms with van der Waals surface area (Å²) in [4.78, 5) is 4.19. The fourth-order valence-corrected chi connectivity index (χ4v) is 5.84. The van der Waals surface area contributed by atoms with E-state index in [0.29, 0.717) is 69.3 Å². The first-order valence-corrected chi connectivity index (χ1v) is 12.9. The molecule has 190 valence electrons. The van der Waals surface area contributed by atoms with E-state index < -0.39 is 11.1 Å². The largest absolute Gasteiger partial charge is 0.379 e. The van der Waals surface area contributed by atoms with Gasteiger partial charge in [-0.2, -0.15) is 15.8 Å². The monoisotopic (exact) mass is 503 g/mol. The van der Waals surface area contributed by atoms with Gasteiger partial charge in [0.1, 0.15) is 0 Å². The van der Waals surface area contributed by atoms with Gasteiger partial charge < -0.3 is 9.47 Å². The molecule has 0 unspecified atom stereocenters. The molecule has 0 amide bonds. The lowest BCUT2D eigenvalue weighted by molar-refractivity contribution is 0.00473. The first-order chi connectivity index (χ1) is 18.7. The lowest BCUT2D eigenvalue weighted by atomic mass is 9.73. The van der Waals surface area contributed by atoms with Crippen molar-refractivity contribution >= 4 is 0 Å². The van der Waals surface area contributed by atoms with E-state index in [0.717, 1.165) is 11.1 Å². The number of rotatable bonds is 6. The van der Waals surface area contributed by atoms with Gasteiger partial charge in [-0.25, -0.2) is 0 Å². The molecule has 0 saturated carbocycles. The van der Waals surface area contributed by atoms with Crippen molar-refractivity contribution in [2.24, 2.45) is 0 Å². The molecule has 0 N–H and O–H groups in total. The predicted octanol–water partition coefficient (Wildman–Crippen LogP) is 3.76. The summed E-state index contributed by atoms with van der Waals surface area (Å²) in [5.41, 5.74) is 0.623. The van der Waals surface area contributed by atoms with Crippen LogP contribution in [0.3, 0.4) is 0 Å². The van der Waals surface area contributed by atoms with Crippen LogP contribution < -0.4 is 0 Å². The summed E-state index contributed by atoms with van der Waals surface area (Å²) in [5, 5.41) is 32.6. The van der Waals surface area contributed by atoms with Crippen molar-refractivity contribution in [2.45, 2.75) is 11.1 Å². The van der Waals surface area contributed by atoms with Gasteiger partial charge in [0, 0.05) is 37.3 Å². The quantitative estimate of drug-likeness (QED) is 0.505. The Bertz CT molecular complexity index is 1280. The normalized spacial score (nSPS) is 19.7. The molecule has 0 bridgehead atoms. The average Bonchev–Trinajstić information content (AvgIpc) is 3.01. The number of hydrogen-bond donors (Lipinski definition) is 0. The van der Waals surface area contributed by atoms with Gasteiger partial charge in [-0.15, -0.1) is 0 Å². The molecule has 2 heterocycles. The fourth-order valence-electron chi connectivity index (χ4n) is 5.84. The minimum Gasteiger partial charge on any atom is -0.379 e. The zero-order valence-corrected chi connectivity index (χ0v) is 21.2. The summed E-state index contributed by atoms with van der Waals surface area (Å²) in [5.74, 6) is 0.